The molecule has 148 valence electrons. The number of ether oxygens (including phenoxy) is 2. The van der Waals surface area contributed by atoms with Gasteiger partial charge in [0.05, 0.1) is 7.11 Å². The van der Waals surface area contributed by atoms with Crippen LogP contribution in [-0.4, -0.2) is 50.1 Å². The van der Waals surface area contributed by atoms with Crippen LogP contribution in [0.4, 0.5) is 0 Å². The molecule has 7 nitrogen and oxygen atoms in total. The summed E-state index contributed by atoms with van der Waals surface area (Å²) >= 11 is 0. The number of likely N-dealkylation sites (tertiary alicyclic amines) is 1. The van der Waals surface area contributed by atoms with Crippen molar-refractivity contribution >= 4 is 11.9 Å². The zero-order chi connectivity index (χ0) is 19.4. The SMILES string of the molecule is CN=C(NCc1cc2c(cc1OC)CC(C)O2)N1CCCC(CC(N)=O)C1. The molecule has 3 rings (SSSR count). The highest BCUT2D eigenvalue weighted by Crippen LogP contribution is 2.35. The second kappa shape index (κ2) is 8.50. The molecule has 2 heterocycles. The van der Waals surface area contributed by atoms with Crippen LogP contribution in [0, 0.1) is 5.92 Å². The van der Waals surface area contributed by atoms with Gasteiger partial charge in [0.25, 0.3) is 0 Å². The molecule has 1 aromatic rings. The van der Waals surface area contributed by atoms with Crippen molar-refractivity contribution in [2.45, 2.75) is 45.3 Å². The van der Waals surface area contributed by atoms with E-state index in [0.29, 0.717) is 18.9 Å². The zero-order valence-electron chi connectivity index (χ0n) is 16.5. The molecular weight excluding hydrogens is 344 g/mol. The van der Waals surface area contributed by atoms with E-state index in [4.69, 9.17) is 15.2 Å². The average Bonchev–Trinajstić information content (AvgIpc) is 3.00. The van der Waals surface area contributed by atoms with Crippen LogP contribution in [0.3, 0.4) is 0 Å². The fourth-order valence-corrected chi connectivity index (χ4v) is 4.02. The molecule has 2 atom stereocenters. The number of primary amides is 1. The molecule has 0 spiro atoms. The molecule has 2 aliphatic rings. The number of nitrogens with zero attached hydrogens (tertiary/aromatic N) is 2. The molecule has 0 radical (unpaired) electrons. The molecule has 2 unspecified atom stereocenters. The highest BCUT2D eigenvalue weighted by atomic mass is 16.5. The quantitative estimate of drug-likeness (QED) is 0.605. The Morgan fingerprint density at radius 3 is 3.00 bits per heavy atom. The second-order valence-electron chi connectivity index (χ2n) is 7.43. The Bertz CT molecular complexity index is 719. The number of benzene rings is 1. The fourth-order valence-electron chi connectivity index (χ4n) is 4.02. The van der Waals surface area contributed by atoms with Crippen LogP contribution in [-0.2, 0) is 17.8 Å². The predicted molar refractivity (Wildman–Crippen MR) is 105 cm³/mol. The van der Waals surface area contributed by atoms with Crippen molar-refractivity contribution in [2.75, 3.05) is 27.2 Å². The molecule has 0 aliphatic carbocycles. The third kappa shape index (κ3) is 4.64. The molecule has 1 saturated heterocycles. The Labute approximate surface area is 160 Å². The summed E-state index contributed by atoms with van der Waals surface area (Å²) in [4.78, 5) is 17.9. The zero-order valence-corrected chi connectivity index (χ0v) is 16.5. The number of hydrogen-bond acceptors (Lipinski definition) is 4. The van der Waals surface area contributed by atoms with Crippen LogP contribution in [0.2, 0.25) is 0 Å². The lowest BCUT2D eigenvalue weighted by Crippen LogP contribution is -2.46. The van der Waals surface area contributed by atoms with E-state index in [1.807, 2.05) is 0 Å². The van der Waals surface area contributed by atoms with Gasteiger partial charge in [0.15, 0.2) is 5.96 Å². The Hall–Kier alpha value is -2.44. The summed E-state index contributed by atoms with van der Waals surface area (Å²) in [6, 6.07) is 4.13. The van der Waals surface area contributed by atoms with E-state index < -0.39 is 0 Å². The molecule has 0 bridgehead atoms. The first-order chi connectivity index (χ1) is 13.0. The van der Waals surface area contributed by atoms with E-state index in [1.165, 1.54) is 5.56 Å². The minimum absolute atomic E-state index is 0.205. The first-order valence-electron chi connectivity index (χ1n) is 9.60. The van der Waals surface area contributed by atoms with E-state index in [1.54, 1.807) is 14.2 Å². The smallest absolute Gasteiger partial charge is 0.217 e. The lowest BCUT2D eigenvalue weighted by Gasteiger charge is -2.34. The molecule has 27 heavy (non-hydrogen) atoms. The Morgan fingerprint density at radius 2 is 2.30 bits per heavy atom. The molecule has 3 N–H and O–H groups in total. The summed E-state index contributed by atoms with van der Waals surface area (Å²) in [5, 5.41) is 3.43. The van der Waals surface area contributed by atoms with Crippen molar-refractivity contribution in [1.82, 2.24) is 10.2 Å². The third-order valence-electron chi connectivity index (χ3n) is 5.26. The topological polar surface area (TPSA) is 89.2 Å². The summed E-state index contributed by atoms with van der Waals surface area (Å²) in [5.41, 5.74) is 7.60. The van der Waals surface area contributed by atoms with E-state index in [0.717, 1.165) is 55.4 Å². The minimum Gasteiger partial charge on any atom is -0.496 e. The van der Waals surface area contributed by atoms with Crippen molar-refractivity contribution in [1.29, 1.82) is 0 Å². The number of guanidine groups is 1. The number of aliphatic imine (C=N–C) groups is 1. The summed E-state index contributed by atoms with van der Waals surface area (Å²) in [6.45, 7) is 4.39. The number of nitrogens with one attached hydrogen (secondary N) is 1. The molecule has 7 heteroatoms. The summed E-state index contributed by atoms with van der Waals surface area (Å²) in [7, 11) is 3.48. The predicted octanol–water partition coefficient (Wildman–Crippen LogP) is 1.68. The Morgan fingerprint density at radius 1 is 1.48 bits per heavy atom. The number of nitrogens with two attached hydrogens (primary N) is 1. The van der Waals surface area contributed by atoms with Crippen LogP contribution in [0.25, 0.3) is 0 Å². The largest absolute Gasteiger partial charge is 0.496 e. The first kappa shape index (κ1) is 19.3. The number of carbonyl (C=O) groups excluding carboxylic acids is 1. The van der Waals surface area contributed by atoms with Crippen molar-refractivity contribution < 1.29 is 14.3 Å². The van der Waals surface area contributed by atoms with E-state index >= 15 is 0 Å². The van der Waals surface area contributed by atoms with Crippen molar-refractivity contribution in [3.63, 3.8) is 0 Å². The Kier molecular flexibility index (Phi) is 6.08. The van der Waals surface area contributed by atoms with Crippen molar-refractivity contribution in [3.8, 4) is 11.5 Å². The number of fused-ring (bicyclic) bond motifs is 1. The highest BCUT2D eigenvalue weighted by molar-refractivity contribution is 5.80. The molecule has 0 aromatic heterocycles. The molecule has 0 saturated carbocycles. The standard InChI is InChI=1S/C20H30N4O3/c1-13-7-15-9-17(26-3)16(10-18(15)27-13)11-23-20(22-2)24-6-4-5-14(12-24)8-19(21)25/h9-10,13-14H,4-8,11-12H2,1-3H3,(H2,21,25)(H,22,23). The number of rotatable bonds is 5. The second-order valence-corrected chi connectivity index (χ2v) is 7.43. The van der Waals surface area contributed by atoms with Crippen molar-refractivity contribution in [2.24, 2.45) is 16.6 Å². The third-order valence-corrected chi connectivity index (χ3v) is 5.26. The van der Waals surface area contributed by atoms with Crippen LogP contribution >= 0.6 is 0 Å². The fraction of sp³-hybridized carbons (Fsp3) is 0.600. The lowest BCUT2D eigenvalue weighted by atomic mass is 9.95. The average molecular weight is 374 g/mol. The van der Waals surface area contributed by atoms with Gasteiger partial charge in [-0.1, -0.05) is 0 Å². The van der Waals surface area contributed by atoms with E-state index in [2.05, 4.69) is 34.3 Å². The summed E-state index contributed by atoms with van der Waals surface area (Å²) < 4.78 is 11.5. The van der Waals surface area contributed by atoms with Gasteiger partial charge >= 0.3 is 0 Å². The van der Waals surface area contributed by atoms with Gasteiger partial charge in [-0.25, -0.2) is 0 Å². The monoisotopic (exact) mass is 374 g/mol. The van der Waals surface area contributed by atoms with Gasteiger partial charge in [-0.3, -0.25) is 9.79 Å². The summed E-state index contributed by atoms with van der Waals surface area (Å²) in [6.07, 6.45) is 3.62. The van der Waals surface area contributed by atoms with Gasteiger partial charge < -0.3 is 25.4 Å². The molecular formula is C20H30N4O3. The number of amides is 1. The van der Waals surface area contributed by atoms with Crippen LogP contribution < -0.4 is 20.5 Å². The van der Waals surface area contributed by atoms with E-state index in [-0.39, 0.29) is 12.0 Å². The van der Waals surface area contributed by atoms with Gasteiger partial charge in [0.2, 0.25) is 5.91 Å². The van der Waals surface area contributed by atoms with Crippen LogP contribution in [0.15, 0.2) is 17.1 Å². The summed E-state index contributed by atoms with van der Waals surface area (Å²) in [5.74, 6) is 2.69. The highest BCUT2D eigenvalue weighted by Gasteiger charge is 2.25. The van der Waals surface area contributed by atoms with Crippen LogP contribution in [0.1, 0.15) is 37.3 Å². The van der Waals surface area contributed by atoms with Gasteiger partial charge in [0, 0.05) is 50.7 Å². The molecule has 2 aliphatic heterocycles. The Balaban J connectivity index is 1.66. The van der Waals surface area contributed by atoms with Crippen molar-refractivity contribution in [3.05, 3.63) is 23.3 Å². The van der Waals surface area contributed by atoms with Gasteiger partial charge in [0.1, 0.15) is 17.6 Å². The number of hydrogen-bond donors (Lipinski definition) is 2. The maximum Gasteiger partial charge on any atom is 0.217 e. The lowest BCUT2D eigenvalue weighted by molar-refractivity contribution is -0.119. The van der Waals surface area contributed by atoms with Gasteiger partial charge in [-0.05, 0) is 37.8 Å². The molecule has 1 aromatic carbocycles. The van der Waals surface area contributed by atoms with Crippen LogP contribution in [0.5, 0.6) is 11.5 Å². The molecule has 1 fully saturated rings. The number of piperidine rings is 1. The minimum atomic E-state index is -0.234. The van der Waals surface area contributed by atoms with Gasteiger partial charge in [-0.2, -0.15) is 0 Å². The first-order valence-corrected chi connectivity index (χ1v) is 9.60. The van der Waals surface area contributed by atoms with E-state index in [9.17, 15) is 4.79 Å². The molecule has 1 amide bonds. The maximum atomic E-state index is 11.2. The number of methoxy groups -OCH3 is 1. The number of carbonyl (C=O) groups is 1. The maximum absolute atomic E-state index is 11.2. The normalized spacial score (nSPS) is 22.2. The van der Waals surface area contributed by atoms with Gasteiger partial charge in [-0.15, -0.1) is 0 Å².